The minimum absolute atomic E-state index is 0.0338. The summed E-state index contributed by atoms with van der Waals surface area (Å²) in [5.74, 6) is 1.45. The highest BCUT2D eigenvalue weighted by molar-refractivity contribution is 7.90. The van der Waals surface area contributed by atoms with Crippen molar-refractivity contribution in [2.24, 2.45) is 0 Å². The second-order valence-corrected chi connectivity index (χ2v) is 18.6. The zero-order chi connectivity index (χ0) is 38.2. The molecule has 1 atom stereocenters. The van der Waals surface area contributed by atoms with Crippen LogP contribution in [-0.4, -0.2) is 79.3 Å². The highest BCUT2D eigenvalue weighted by atomic mass is 32.2. The smallest absolute Gasteiger partial charge is 0.500 e. The Bertz CT molecular complexity index is 2150. The van der Waals surface area contributed by atoms with Crippen LogP contribution in [0.25, 0.3) is 0 Å². The molecule has 3 aliphatic rings. The standard InChI is InChI=1S/C41H49N3O8SSi/c1-6-49-54(50-7-2,51-8-3)26-10-9-21-37(46)42(4)24-14-25-43-29-15-11-17-31-38(29)41-39-30(43)16-12-19-35(39)52-36-20-13-18-32(40(36)41)44(31)33-27-28(53(5,47)48)22-23-34(33)45/h11-13,15-20,22-23,27,41,45H,6-10,14,21,24-26H2,1-5H3. The lowest BCUT2D eigenvalue weighted by atomic mass is 9.74. The minimum Gasteiger partial charge on any atom is -0.506 e. The Morgan fingerprint density at radius 1 is 0.796 bits per heavy atom. The van der Waals surface area contributed by atoms with Gasteiger partial charge in [-0.15, -0.1) is 0 Å². The van der Waals surface area contributed by atoms with E-state index in [0.29, 0.717) is 51.1 Å². The first-order chi connectivity index (χ1) is 26.0. The Morgan fingerprint density at radius 3 is 2.00 bits per heavy atom. The highest BCUT2D eigenvalue weighted by Gasteiger charge is 2.46. The number of unbranched alkanes of at least 4 members (excludes halogenated alkanes) is 1. The number of anilines is 5. The van der Waals surface area contributed by atoms with Crippen molar-refractivity contribution < 1.29 is 36.3 Å². The Kier molecular flexibility index (Phi) is 10.8. The molecule has 3 heterocycles. The maximum Gasteiger partial charge on any atom is 0.500 e. The van der Waals surface area contributed by atoms with Crippen LogP contribution in [0.5, 0.6) is 17.2 Å². The van der Waals surface area contributed by atoms with Crippen LogP contribution in [0.15, 0.2) is 77.7 Å². The van der Waals surface area contributed by atoms with Crippen LogP contribution < -0.4 is 14.5 Å². The first-order valence-electron chi connectivity index (χ1n) is 18.8. The third-order valence-electron chi connectivity index (χ3n) is 10.4. The van der Waals surface area contributed by atoms with Gasteiger partial charge in [0, 0.05) is 92.7 Å². The molecule has 0 saturated carbocycles. The van der Waals surface area contributed by atoms with Crippen molar-refractivity contribution in [1.29, 1.82) is 0 Å². The molecule has 286 valence electrons. The molecule has 3 aliphatic heterocycles. The molecule has 7 rings (SSSR count). The number of sulfone groups is 1. The van der Waals surface area contributed by atoms with Crippen LogP contribution in [0.2, 0.25) is 6.04 Å². The number of benzene rings is 4. The second-order valence-electron chi connectivity index (χ2n) is 13.9. The molecule has 0 saturated heterocycles. The molecular formula is C41H49N3O8SSi. The molecule has 54 heavy (non-hydrogen) atoms. The lowest BCUT2D eigenvalue weighted by Gasteiger charge is -2.47. The number of phenolic OH excluding ortho intramolecular Hbond substituents is 1. The van der Waals surface area contributed by atoms with E-state index in [1.165, 1.54) is 24.5 Å². The van der Waals surface area contributed by atoms with Gasteiger partial charge in [-0.3, -0.25) is 4.79 Å². The number of carbonyl (C=O) groups excluding carboxylic acids is 1. The second kappa shape index (κ2) is 15.4. The van der Waals surface area contributed by atoms with Gasteiger partial charge in [-0.05, 0) is 94.6 Å². The van der Waals surface area contributed by atoms with E-state index in [-0.39, 0.29) is 22.5 Å². The van der Waals surface area contributed by atoms with Gasteiger partial charge in [0.15, 0.2) is 9.84 Å². The van der Waals surface area contributed by atoms with E-state index in [2.05, 4.69) is 17.0 Å². The van der Waals surface area contributed by atoms with Gasteiger partial charge in [0.2, 0.25) is 5.91 Å². The van der Waals surface area contributed by atoms with Gasteiger partial charge in [-0.25, -0.2) is 8.42 Å². The van der Waals surface area contributed by atoms with E-state index in [1.807, 2.05) is 80.1 Å². The number of hydrogen-bond acceptors (Lipinski definition) is 10. The molecule has 0 aliphatic carbocycles. The van der Waals surface area contributed by atoms with Crippen molar-refractivity contribution in [2.45, 2.75) is 63.3 Å². The normalized spacial score (nSPS) is 15.2. The van der Waals surface area contributed by atoms with E-state index in [9.17, 15) is 18.3 Å². The summed E-state index contributed by atoms with van der Waals surface area (Å²) in [6.07, 6.45) is 3.85. The van der Waals surface area contributed by atoms with Crippen molar-refractivity contribution in [3.8, 4) is 17.2 Å². The van der Waals surface area contributed by atoms with Crippen molar-refractivity contribution in [1.82, 2.24) is 4.90 Å². The molecule has 1 N–H and O–H groups in total. The first-order valence-corrected chi connectivity index (χ1v) is 22.7. The topological polar surface area (TPSA) is 118 Å². The number of hydrogen-bond donors (Lipinski definition) is 1. The average molecular weight is 772 g/mol. The molecule has 1 amide bonds. The molecule has 4 aromatic rings. The van der Waals surface area contributed by atoms with E-state index in [1.54, 1.807) is 0 Å². The quantitative estimate of drug-likeness (QED) is 0.0716. The molecule has 0 bridgehead atoms. The maximum atomic E-state index is 13.3. The number of phenols is 1. The molecule has 11 nitrogen and oxygen atoms in total. The fourth-order valence-corrected chi connectivity index (χ4v) is 11.5. The van der Waals surface area contributed by atoms with Gasteiger partial charge in [0.1, 0.15) is 17.2 Å². The minimum atomic E-state index is -3.55. The zero-order valence-corrected chi connectivity index (χ0v) is 33.4. The summed E-state index contributed by atoms with van der Waals surface area (Å²) < 4.78 is 49.9. The summed E-state index contributed by atoms with van der Waals surface area (Å²) in [4.78, 5) is 19.5. The van der Waals surface area contributed by atoms with Gasteiger partial charge in [0.05, 0.1) is 22.0 Å². The lowest BCUT2D eigenvalue weighted by Crippen LogP contribution is -2.45. The van der Waals surface area contributed by atoms with Crippen molar-refractivity contribution >= 4 is 53.0 Å². The molecule has 1 unspecified atom stereocenters. The summed E-state index contributed by atoms with van der Waals surface area (Å²) in [6.45, 7) is 8.68. The average Bonchev–Trinajstić information content (AvgIpc) is 3.14. The van der Waals surface area contributed by atoms with Gasteiger partial charge in [-0.1, -0.05) is 18.2 Å². The fraction of sp³-hybridized carbons (Fsp3) is 0.390. The number of rotatable bonds is 17. The van der Waals surface area contributed by atoms with E-state index in [0.717, 1.165) is 70.2 Å². The van der Waals surface area contributed by atoms with Gasteiger partial charge in [0.25, 0.3) is 0 Å². The molecule has 0 fully saturated rings. The van der Waals surface area contributed by atoms with Crippen LogP contribution in [-0.2, 0) is 27.9 Å². The van der Waals surface area contributed by atoms with Crippen molar-refractivity contribution in [3.63, 3.8) is 0 Å². The molecule has 0 radical (unpaired) electrons. The Balaban J connectivity index is 1.14. The number of amides is 1. The van der Waals surface area contributed by atoms with Gasteiger partial charge < -0.3 is 37.8 Å². The third kappa shape index (κ3) is 6.88. The third-order valence-corrected chi connectivity index (χ3v) is 14.7. The molecule has 13 heteroatoms. The number of ether oxygens (including phenoxy) is 1. The molecule has 0 spiro atoms. The maximum absolute atomic E-state index is 13.3. The van der Waals surface area contributed by atoms with Gasteiger partial charge in [-0.2, -0.15) is 0 Å². The number of carbonyl (C=O) groups is 1. The summed E-state index contributed by atoms with van der Waals surface area (Å²) in [7, 11) is -4.42. The predicted octanol–water partition coefficient (Wildman–Crippen LogP) is 8.38. The van der Waals surface area contributed by atoms with Crippen molar-refractivity contribution in [2.75, 3.05) is 56.0 Å². The summed E-state index contributed by atoms with van der Waals surface area (Å²) >= 11 is 0. The monoisotopic (exact) mass is 771 g/mol. The lowest BCUT2D eigenvalue weighted by molar-refractivity contribution is -0.130. The van der Waals surface area contributed by atoms with Crippen LogP contribution in [0.4, 0.5) is 28.4 Å². The molecule has 4 aromatic carbocycles. The Labute approximate surface area is 319 Å². The van der Waals surface area contributed by atoms with Crippen LogP contribution >= 0.6 is 0 Å². The highest BCUT2D eigenvalue weighted by Crippen LogP contribution is 2.65. The number of nitrogens with zero attached hydrogens (tertiary/aromatic N) is 3. The largest absolute Gasteiger partial charge is 0.506 e. The molecule has 0 aromatic heterocycles. The summed E-state index contributed by atoms with van der Waals surface area (Å²) in [5, 5.41) is 11.3. The molecular weight excluding hydrogens is 723 g/mol. The zero-order valence-electron chi connectivity index (χ0n) is 31.6. The fourth-order valence-electron chi connectivity index (χ4n) is 8.15. The van der Waals surface area contributed by atoms with Crippen LogP contribution in [0, 0.1) is 0 Å². The van der Waals surface area contributed by atoms with Crippen LogP contribution in [0.3, 0.4) is 0 Å². The Hall–Kier alpha value is -4.40. The van der Waals surface area contributed by atoms with E-state index < -0.39 is 18.6 Å². The predicted molar refractivity (Wildman–Crippen MR) is 212 cm³/mol. The first kappa shape index (κ1) is 37.9. The Morgan fingerprint density at radius 2 is 1.37 bits per heavy atom. The van der Waals surface area contributed by atoms with E-state index in [4.69, 9.17) is 18.0 Å². The van der Waals surface area contributed by atoms with Gasteiger partial charge >= 0.3 is 8.80 Å². The van der Waals surface area contributed by atoms with E-state index >= 15 is 0 Å². The van der Waals surface area contributed by atoms with Crippen LogP contribution in [0.1, 0.15) is 69.1 Å². The number of aromatic hydroxyl groups is 1. The SMILES string of the molecule is CCO[Si](CCCCC(=O)N(C)CCCN1c2cccc3c2C2c4c(cccc4N(c4cc(S(C)(=O)=O)ccc4O)c4cccc1c42)O3)(OCC)OCC. The summed E-state index contributed by atoms with van der Waals surface area (Å²) in [5.41, 5.74) is 7.21. The summed E-state index contributed by atoms with van der Waals surface area (Å²) in [6, 6.07) is 23.3. The van der Waals surface area contributed by atoms with Crippen molar-refractivity contribution in [3.05, 3.63) is 89.5 Å².